The van der Waals surface area contributed by atoms with Crippen molar-refractivity contribution >= 4 is 17.8 Å². The van der Waals surface area contributed by atoms with E-state index in [1.165, 1.54) is 6.92 Å². The summed E-state index contributed by atoms with van der Waals surface area (Å²) < 4.78 is 0. The fourth-order valence-electron chi connectivity index (χ4n) is 2.94. The Morgan fingerprint density at radius 2 is 1.75 bits per heavy atom. The molecule has 0 aromatic heterocycles. The molecular formula is C17H31N3O4. The minimum atomic E-state index is -1.27. The summed E-state index contributed by atoms with van der Waals surface area (Å²) in [5, 5.41) is 16.1. The smallest absolute Gasteiger partial charge is 0.278 e. The van der Waals surface area contributed by atoms with Gasteiger partial charge in [0.25, 0.3) is 5.91 Å². The summed E-state index contributed by atoms with van der Waals surface area (Å²) in [4.78, 5) is 34.7. The second kappa shape index (κ2) is 9.61. The van der Waals surface area contributed by atoms with Crippen molar-refractivity contribution in [1.29, 1.82) is 0 Å². The number of rotatable bonds is 8. The van der Waals surface area contributed by atoms with Gasteiger partial charge in [-0.15, -0.1) is 0 Å². The number of amides is 2. The van der Waals surface area contributed by atoms with Gasteiger partial charge in [-0.1, -0.05) is 13.8 Å². The minimum Gasteiger partial charge on any atom is -0.548 e. The number of quaternary nitrogens is 1. The number of hydrogen-bond acceptors (Lipinski definition) is 4. The topological polar surface area (TPSA) is 126 Å². The van der Waals surface area contributed by atoms with E-state index in [1.54, 1.807) is 0 Å². The summed E-state index contributed by atoms with van der Waals surface area (Å²) in [7, 11) is 0. The average Bonchev–Trinajstić information content (AvgIpc) is 2.58. The molecule has 1 aliphatic rings. The molecule has 2 amide bonds. The number of carbonyl (C=O) groups excluding carboxylic acids is 3. The lowest BCUT2D eigenvalue weighted by molar-refractivity contribution is -0.415. The van der Waals surface area contributed by atoms with Crippen molar-refractivity contribution in [2.24, 2.45) is 17.8 Å². The molecule has 0 saturated heterocycles. The molecule has 1 fully saturated rings. The second-order valence-corrected chi connectivity index (χ2v) is 7.00. The fraction of sp³-hybridized carbons (Fsp3) is 0.824. The van der Waals surface area contributed by atoms with E-state index in [0.29, 0.717) is 25.3 Å². The maximum Gasteiger partial charge on any atom is 0.278 e. The van der Waals surface area contributed by atoms with Crippen LogP contribution in [0.4, 0.5) is 0 Å². The molecule has 1 rings (SSSR count). The van der Waals surface area contributed by atoms with Crippen LogP contribution in [0.5, 0.6) is 0 Å². The lowest BCUT2D eigenvalue weighted by Gasteiger charge is -2.29. The monoisotopic (exact) mass is 341 g/mol. The minimum absolute atomic E-state index is 0.00741. The van der Waals surface area contributed by atoms with Crippen molar-refractivity contribution in [2.45, 2.75) is 65.0 Å². The third kappa shape index (κ3) is 6.11. The zero-order valence-corrected chi connectivity index (χ0v) is 15.0. The highest BCUT2D eigenvalue weighted by molar-refractivity contribution is 5.84. The lowest BCUT2D eigenvalue weighted by Crippen LogP contribution is -2.70. The molecule has 0 aromatic carbocycles. The predicted octanol–water partition coefficient (Wildman–Crippen LogP) is -1.18. The highest BCUT2D eigenvalue weighted by Crippen LogP contribution is 2.28. The van der Waals surface area contributed by atoms with Gasteiger partial charge in [0.15, 0.2) is 6.04 Å². The van der Waals surface area contributed by atoms with Crippen molar-refractivity contribution < 1.29 is 25.2 Å². The second-order valence-electron chi connectivity index (χ2n) is 7.00. The van der Waals surface area contributed by atoms with Gasteiger partial charge >= 0.3 is 0 Å². The average molecular weight is 341 g/mol. The Balaban J connectivity index is 2.32. The van der Waals surface area contributed by atoms with Crippen LogP contribution in [-0.2, 0) is 14.4 Å². The maximum atomic E-state index is 12.0. The van der Waals surface area contributed by atoms with Crippen molar-refractivity contribution in [3.05, 3.63) is 0 Å². The van der Waals surface area contributed by atoms with Crippen molar-refractivity contribution in [3.63, 3.8) is 0 Å². The third-order valence-corrected chi connectivity index (χ3v) is 5.16. The van der Waals surface area contributed by atoms with E-state index in [-0.39, 0.29) is 29.7 Å². The Labute approximate surface area is 143 Å². The van der Waals surface area contributed by atoms with Crippen LogP contribution in [0.1, 0.15) is 52.9 Å². The molecule has 1 aliphatic carbocycles. The molecule has 0 unspecified atom stereocenters. The SMILES string of the molecule is CC[C@@H](C)[C@H]([NH3+])C(=O)NCC1CCC(C(=O)N[C@@H](C)C(=O)[O-])CC1. The quantitative estimate of drug-likeness (QED) is 0.514. The van der Waals surface area contributed by atoms with Gasteiger partial charge < -0.3 is 26.3 Å². The van der Waals surface area contributed by atoms with Crippen LogP contribution in [0, 0.1) is 17.8 Å². The van der Waals surface area contributed by atoms with Gasteiger partial charge in [-0.3, -0.25) is 9.59 Å². The molecule has 138 valence electrons. The number of carbonyl (C=O) groups is 3. The van der Waals surface area contributed by atoms with Gasteiger partial charge in [0.1, 0.15) is 0 Å². The summed E-state index contributed by atoms with van der Waals surface area (Å²) >= 11 is 0. The fourth-order valence-corrected chi connectivity index (χ4v) is 2.94. The van der Waals surface area contributed by atoms with Crippen LogP contribution in [-0.4, -0.2) is 36.4 Å². The molecule has 3 atom stereocenters. The van der Waals surface area contributed by atoms with Gasteiger partial charge in [0.2, 0.25) is 5.91 Å². The largest absolute Gasteiger partial charge is 0.548 e. The Morgan fingerprint density at radius 1 is 1.17 bits per heavy atom. The third-order valence-electron chi connectivity index (χ3n) is 5.16. The molecular weight excluding hydrogens is 310 g/mol. The van der Waals surface area contributed by atoms with E-state index in [4.69, 9.17) is 0 Å². The zero-order chi connectivity index (χ0) is 18.3. The molecule has 0 heterocycles. The first kappa shape index (κ1) is 20.4. The molecule has 1 saturated carbocycles. The number of hydrogen-bond donors (Lipinski definition) is 3. The number of nitrogens with one attached hydrogen (secondary N) is 2. The van der Waals surface area contributed by atoms with E-state index in [1.807, 2.05) is 13.8 Å². The van der Waals surface area contributed by atoms with Crippen LogP contribution in [0.15, 0.2) is 0 Å². The summed E-state index contributed by atoms with van der Waals surface area (Å²) in [5.41, 5.74) is 3.93. The summed E-state index contributed by atoms with van der Waals surface area (Å²) in [6.07, 6.45) is 4.05. The summed E-state index contributed by atoms with van der Waals surface area (Å²) in [5.74, 6) is -1.03. The lowest BCUT2D eigenvalue weighted by atomic mass is 9.81. The van der Waals surface area contributed by atoms with Crippen LogP contribution in [0.3, 0.4) is 0 Å². The highest BCUT2D eigenvalue weighted by atomic mass is 16.4. The van der Waals surface area contributed by atoms with Crippen molar-refractivity contribution in [1.82, 2.24) is 10.6 Å². The zero-order valence-electron chi connectivity index (χ0n) is 15.0. The summed E-state index contributed by atoms with van der Waals surface area (Å²) in [6.45, 7) is 6.09. The first-order valence-electron chi connectivity index (χ1n) is 8.88. The van der Waals surface area contributed by atoms with E-state index in [0.717, 1.165) is 19.3 Å². The van der Waals surface area contributed by atoms with E-state index < -0.39 is 12.0 Å². The van der Waals surface area contributed by atoms with E-state index in [2.05, 4.69) is 16.4 Å². The first-order chi connectivity index (χ1) is 11.3. The van der Waals surface area contributed by atoms with Gasteiger partial charge in [-0.2, -0.15) is 0 Å². The number of carboxylic acids is 1. The summed E-state index contributed by atoms with van der Waals surface area (Å²) in [6, 6.07) is -1.20. The number of carboxylic acid groups (broad SMARTS) is 1. The molecule has 7 nitrogen and oxygen atoms in total. The Hall–Kier alpha value is -1.63. The van der Waals surface area contributed by atoms with Gasteiger partial charge in [-0.05, 0) is 44.9 Å². The molecule has 0 aliphatic heterocycles. The molecule has 24 heavy (non-hydrogen) atoms. The van der Waals surface area contributed by atoms with Crippen LogP contribution in [0.25, 0.3) is 0 Å². The molecule has 0 spiro atoms. The molecule has 0 radical (unpaired) electrons. The van der Waals surface area contributed by atoms with Crippen LogP contribution >= 0.6 is 0 Å². The van der Waals surface area contributed by atoms with Gasteiger partial charge in [0, 0.05) is 18.4 Å². The Kier molecular flexibility index (Phi) is 8.18. The standard InChI is InChI=1S/C17H31N3O4/c1-4-10(2)14(18)16(22)19-9-12-5-7-13(8-6-12)15(21)20-11(3)17(23)24/h10-14H,4-9,18H2,1-3H3,(H,19,22)(H,20,21)(H,23,24)/t10-,11+,12?,13?,14+/m1/s1. The van der Waals surface area contributed by atoms with E-state index in [9.17, 15) is 19.5 Å². The molecule has 0 aromatic rings. The Bertz CT molecular complexity index is 447. The highest BCUT2D eigenvalue weighted by Gasteiger charge is 2.28. The molecule has 0 bridgehead atoms. The Morgan fingerprint density at radius 3 is 2.25 bits per heavy atom. The van der Waals surface area contributed by atoms with Crippen molar-refractivity contribution in [2.75, 3.05) is 6.54 Å². The predicted molar refractivity (Wildman–Crippen MR) is 87.2 cm³/mol. The maximum absolute atomic E-state index is 12.0. The number of aliphatic carboxylic acids is 1. The van der Waals surface area contributed by atoms with Crippen LogP contribution in [0.2, 0.25) is 0 Å². The first-order valence-corrected chi connectivity index (χ1v) is 8.88. The molecule has 7 heteroatoms. The van der Waals surface area contributed by atoms with E-state index >= 15 is 0 Å². The van der Waals surface area contributed by atoms with Gasteiger partial charge in [-0.25, -0.2) is 0 Å². The normalized spacial score (nSPS) is 24.5. The van der Waals surface area contributed by atoms with Gasteiger partial charge in [0.05, 0.1) is 12.0 Å². The van der Waals surface area contributed by atoms with Crippen LogP contribution < -0.4 is 21.5 Å². The van der Waals surface area contributed by atoms with Crippen molar-refractivity contribution in [3.8, 4) is 0 Å². The molecule has 5 N–H and O–H groups in total.